The lowest BCUT2D eigenvalue weighted by atomic mass is 10.2. The van der Waals surface area contributed by atoms with Gasteiger partial charge in [0.15, 0.2) is 0 Å². The van der Waals surface area contributed by atoms with E-state index in [-0.39, 0.29) is 10.8 Å². The van der Waals surface area contributed by atoms with Crippen LogP contribution in [0.3, 0.4) is 0 Å². The maximum atomic E-state index is 12.3. The quantitative estimate of drug-likeness (QED) is 0.848. The van der Waals surface area contributed by atoms with Gasteiger partial charge in [-0.3, -0.25) is 9.36 Å². The van der Waals surface area contributed by atoms with E-state index < -0.39 is 0 Å². The molecule has 1 N–H and O–H groups in total. The molecule has 0 saturated carbocycles. The van der Waals surface area contributed by atoms with Crippen molar-refractivity contribution in [2.45, 2.75) is 6.54 Å². The van der Waals surface area contributed by atoms with Gasteiger partial charge in [-0.05, 0) is 36.8 Å². The Morgan fingerprint density at radius 1 is 1.50 bits per heavy atom. The third kappa shape index (κ3) is 2.32. The summed E-state index contributed by atoms with van der Waals surface area (Å²) < 4.78 is 6.55. The Kier molecular flexibility index (Phi) is 3.84. The van der Waals surface area contributed by atoms with Crippen molar-refractivity contribution in [3.63, 3.8) is 0 Å². The van der Waals surface area contributed by atoms with Crippen LogP contribution in [0.5, 0.6) is 5.75 Å². The molecule has 0 radical (unpaired) electrons. The van der Waals surface area contributed by atoms with Gasteiger partial charge in [-0.1, -0.05) is 0 Å². The maximum Gasteiger partial charge on any atom is 0.262 e. The first-order valence-corrected chi connectivity index (χ1v) is 5.94. The van der Waals surface area contributed by atoms with Crippen LogP contribution in [0, 0.1) is 0 Å². The summed E-state index contributed by atoms with van der Waals surface area (Å²) in [6.45, 7) is 1.13. The highest BCUT2D eigenvalue weighted by molar-refractivity contribution is 6.28. The predicted octanol–water partition coefficient (Wildman–Crippen LogP) is 1.28. The van der Waals surface area contributed by atoms with Gasteiger partial charge < -0.3 is 10.1 Å². The van der Waals surface area contributed by atoms with Crippen LogP contribution >= 0.6 is 11.6 Å². The third-order valence-corrected chi connectivity index (χ3v) is 2.99. The van der Waals surface area contributed by atoms with E-state index in [4.69, 9.17) is 16.3 Å². The number of nitrogens with one attached hydrogen (secondary N) is 1. The minimum absolute atomic E-state index is 0.154. The molecule has 0 spiro atoms. The second kappa shape index (κ2) is 5.37. The Morgan fingerprint density at radius 2 is 2.28 bits per heavy atom. The Morgan fingerprint density at radius 3 is 2.94 bits per heavy atom. The number of nitrogens with zero attached hydrogens (tertiary/aromatic N) is 2. The van der Waals surface area contributed by atoms with Crippen molar-refractivity contribution in [2.24, 2.45) is 0 Å². The molecule has 0 aliphatic heterocycles. The molecule has 1 aromatic heterocycles. The lowest BCUT2D eigenvalue weighted by Gasteiger charge is -2.09. The average Bonchev–Trinajstić information content (AvgIpc) is 2.38. The molecule has 96 valence electrons. The fourth-order valence-corrected chi connectivity index (χ4v) is 1.97. The monoisotopic (exact) mass is 267 g/mol. The lowest BCUT2D eigenvalue weighted by Crippen LogP contribution is -2.27. The number of methoxy groups -OCH3 is 1. The highest BCUT2D eigenvalue weighted by atomic mass is 35.5. The number of likely N-dealkylation sites (N-methyl/N-ethyl adjacent to an activating group) is 1. The topological polar surface area (TPSA) is 56.1 Å². The molecule has 0 atom stereocenters. The van der Waals surface area contributed by atoms with Crippen LogP contribution in [-0.4, -0.2) is 30.3 Å². The molecule has 0 saturated heterocycles. The first-order valence-electron chi connectivity index (χ1n) is 5.56. The van der Waals surface area contributed by atoms with E-state index >= 15 is 0 Å². The Balaban J connectivity index is 2.62. The summed E-state index contributed by atoms with van der Waals surface area (Å²) >= 11 is 6.01. The number of aromatic nitrogens is 2. The van der Waals surface area contributed by atoms with E-state index in [1.54, 1.807) is 25.3 Å². The molecular weight excluding hydrogens is 254 g/mol. The van der Waals surface area contributed by atoms with E-state index in [2.05, 4.69) is 10.3 Å². The van der Waals surface area contributed by atoms with Gasteiger partial charge in [0.25, 0.3) is 5.56 Å². The zero-order valence-electron chi connectivity index (χ0n) is 10.2. The standard InChI is InChI=1S/C12H14ClN3O2/c1-14-5-6-16-11(17)9-7-8(18-2)3-4-10(9)15-12(16)13/h3-4,7,14H,5-6H2,1-2H3. The molecule has 0 amide bonds. The van der Waals surface area contributed by atoms with Crippen LogP contribution in [0.4, 0.5) is 0 Å². The molecular formula is C12H14ClN3O2. The lowest BCUT2D eigenvalue weighted by molar-refractivity contribution is 0.415. The number of fused-ring (bicyclic) bond motifs is 1. The second-order valence-corrected chi connectivity index (χ2v) is 4.16. The van der Waals surface area contributed by atoms with Crippen LogP contribution < -0.4 is 15.6 Å². The van der Waals surface area contributed by atoms with E-state index in [0.717, 1.165) is 0 Å². The number of rotatable bonds is 4. The first-order chi connectivity index (χ1) is 8.67. The Bertz CT molecular complexity index is 624. The van der Waals surface area contributed by atoms with Crippen molar-refractivity contribution in [3.8, 4) is 5.75 Å². The summed E-state index contributed by atoms with van der Waals surface area (Å²) in [7, 11) is 3.38. The van der Waals surface area contributed by atoms with Crippen molar-refractivity contribution >= 4 is 22.5 Å². The van der Waals surface area contributed by atoms with Crippen LogP contribution in [0.2, 0.25) is 5.28 Å². The van der Waals surface area contributed by atoms with Gasteiger partial charge in [-0.15, -0.1) is 0 Å². The van der Waals surface area contributed by atoms with Crippen molar-refractivity contribution in [1.82, 2.24) is 14.9 Å². The molecule has 2 aromatic rings. The van der Waals surface area contributed by atoms with Gasteiger partial charge in [0.2, 0.25) is 5.28 Å². The molecule has 1 heterocycles. The Hall–Kier alpha value is -1.59. The predicted molar refractivity (Wildman–Crippen MR) is 71.5 cm³/mol. The van der Waals surface area contributed by atoms with E-state index in [1.807, 2.05) is 7.05 Å². The normalized spacial score (nSPS) is 10.8. The summed E-state index contributed by atoms with van der Waals surface area (Å²) in [5.41, 5.74) is 0.422. The Labute approximate surface area is 109 Å². The third-order valence-electron chi connectivity index (χ3n) is 2.70. The van der Waals surface area contributed by atoms with Crippen LogP contribution in [0.15, 0.2) is 23.0 Å². The molecule has 18 heavy (non-hydrogen) atoms. The molecule has 0 unspecified atom stereocenters. The highest BCUT2D eigenvalue weighted by Gasteiger charge is 2.09. The number of halogens is 1. The summed E-state index contributed by atoms with van der Waals surface area (Å²) in [5, 5.41) is 3.68. The first kappa shape index (κ1) is 12.9. The minimum Gasteiger partial charge on any atom is -0.497 e. The zero-order valence-corrected chi connectivity index (χ0v) is 11.0. The molecule has 0 aliphatic carbocycles. The molecule has 1 aromatic carbocycles. The van der Waals surface area contributed by atoms with E-state index in [0.29, 0.717) is 29.7 Å². The molecule has 0 fully saturated rings. The fraction of sp³-hybridized carbons (Fsp3) is 0.333. The summed E-state index contributed by atoms with van der Waals surface area (Å²) in [5.74, 6) is 0.629. The van der Waals surface area contributed by atoms with Crippen molar-refractivity contribution in [2.75, 3.05) is 20.7 Å². The number of benzene rings is 1. The summed E-state index contributed by atoms with van der Waals surface area (Å²) in [4.78, 5) is 16.5. The van der Waals surface area contributed by atoms with Crippen LogP contribution in [-0.2, 0) is 6.54 Å². The van der Waals surface area contributed by atoms with Gasteiger partial charge in [0.05, 0.1) is 18.0 Å². The zero-order chi connectivity index (χ0) is 13.1. The molecule has 0 aliphatic rings. The summed E-state index contributed by atoms with van der Waals surface area (Å²) in [6.07, 6.45) is 0. The van der Waals surface area contributed by atoms with Crippen LogP contribution in [0.1, 0.15) is 0 Å². The molecule has 0 bridgehead atoms. The fourth-order valence-electron chi connectivity index (χ4n) is 1.72. The second-order valence-electron chi connectivity index (χ2n) is 3.82. The van der Waals surface area contributed by atoms with E-state index in [1.165, 1.54) is 4.57 Å². The van der Waals surface area contributed by atoms with Crippen molar-refractivity contribution < 1.29 is 4.74 Å². The van der Waals surface area contributed by atoms with Crippen molar-refractivity contribution in [3.05, 3.63) is 33.8 Å². The highest BCUT2D eigenvalue weighted by Crippen LogP contribution is 2.18. The van der Waals surface area contributed by atoms with E-state index in [9.17, 15) is 4.79 Å². The van der Waals surface area contributed by atoms with Gasteiger partial charge in [-0.2, -0.15) is 0 Å². The number of ether oxygens (including phenoxy) is 1. The number of hydrogen-bond acceptors (Lipinski definition) is 4. The van der Waals surface area contributed by atoms with Gasteiger partial charge in [0, 0.05) is 13.1 Å². The molecule has 6 heteroatoms. The summed E-state index contributed by atoms with van der Waals surface area (Å²) in [6, 6.07) is 5.16. The maximum absolute atomic E-state index is 12.3. The van der Waals surface area contributed by atoms with Gasteiger partial charge in [-0.25, -0.2) is 4.98 Å². The largest absolute Gasteiger partial charge is 0.497 e. The molecule has 5 nitrogen and oxygen atoms in total. The smallest absolute Gasteiger partial charge is 0.262 e. The van der Waals surface area contributed by atoms with Crippen LogP contribution in [0.25, 0.3) is 10.9 Å². The minimum atomic E-state index is -0.154. The number of hydrogen-bond donors (Lipinski definition) is 1. The van der Waals surface area contributed by atoms with Gasteiger partial charge >= 0.3 is 0 Å². The average molecular weight is 268 g/mol. The SMILES string of the molecule is CNCCn1c(Cl)nc2ccc(OC)cc2c1=O. The van der Waals surface area contributed by atoms with Gasteiger partial charge in [0.1, 0.15) is 5.75 Å². The van der Waals surface area contributed by atoms with Crippen molar-refractivity contribution in [1.29, 1.82) is 0 Å². The molecule has 2 rings (SSSR count).